The van der Waals surface area contributed by atoms with Crippen molar-refractivity contribution in [1.82, 2.24) is 0 Å². The van der Waals surface area contributed by atoms with Gasteiger partial charge in [0.25, 0.3) is 0 Å². The van der Waals surface area contributed by atoms with Gasteiger partial charge in [-0.1, -0.05) is 18.2 Å². The molecule has 1 atom stereocenters. The molecule has 2 amide bonds. The molecule has 1 aliphatic rings. The SMILES string of the molecule is NC(=O)c1cccc(NCC(=O)Nc2ccccc2OCC2CCCO2)c1. The summed E-state index contributed by atoms with van der Waals surface area (Å²) < 4.78 is 11.4. The minimum atomic E-state index is -0.514. The largest absolute Gasteiger partial charge is 0.489 e. The number of carbonyl (C=O) groups excluding carboxylic acids is 2. The van der Waals surface area contributed by atoms with Gasteiger partial charge in [-0.3, -0.25) is 9.59 Å². The van der Waals surface area contributed by atoms with Crippen LogP contribution < -0.4 is 21.1 Å². The number of nitrogens with one attached hydrogen (secondary N) is 2. The molecule has 1 fully saturated rings. The van der Waals surface area contributed by atoms with Gasteiger partial charge in [0.2, 0.25) is 11.8 Å². The summed E-state index contributed by atoms with van der Waals surface area (Å²) in [6, 6.07) is 14.0. The standard InChI is InChI=1S/C20H23N3O4/c21-20(25)14-5-3-6-15(11-14)22-12-19(24)23-17-8-1-2-9-18(17)27-13-16-7-4-10-26-16/h1-3,5-6,8-9,11,16,22H,4,7,10,12-13H2,(H2,21,25)(H,23,24). The van der Waals surface area contributed by atoms with E-state index in [-0.39, 0.29) is 18.6 Å². The average molecular weight is 369 g/mol. The Morgan fingerprint density at radius 2 is 2.04 bits per heavy atom. The van der Waals surface area contributed by atoms with Gasteiger partial charge in [0.15, 0.2) is 0 Å². The molecule has 0 saturated carbocycles. The fourth-order valence-electron chi connectivity index (χ4n) is 2.81. The maximum absolute atomic E-state index is 12.3. The summed E-state index contributed by atoms with van der Waals surface area (Å²) in [5.41, 5.74) is 6.89. The molecule has 1 saturated heterocycles. The molecular formula is C20H23N3O4. The second-order valence-electron chi connectivity index (χ2n) is 6.29. The van der Waals surface area contributed by atoms with Crippen LogP contribution in [-0.2, 0) is 9.53 Å². The number of carbonyl (C=O) groups is 2. The van der Waals surface area contributed by atoms with Crippen LogP contribution in [0.4, 0.5) is 11.4 Å². The highest BCUT2D eigenvalue weighted by molar-refractivity contribution is 5.96. The predicted molar refractivity (Wildman–Crippen MR) is 103 cm³/mol. The Bertz CT molecular complexity index is 803. The van der Waals surface area contributed by atoms with Gasteiger partial charge >= 0.3 is 0 Å². The predicted octanol–water partition coefficient (Wildman–Crippen LogP) is 2.39. The Morgan fingerprint density at radius 1 is 1.19 bits per heavy atom. The maximum Gasteiger partial charge on any atom is 0.248 e. The van der Waals surface area contributed by atoms with Crippen LogP contribution >= 0.6 is 0 Å². The number of para-hydroxylation sites is 2. The Morgan fingerprint density at radius 3 is 2.81 bits per heavy atom. The average Bonchev–Trinajstić information content (AvgIpc) is 3.19. The first-order valence-electron chi connectivity index (χ1n) is 8.89. The fraction of sp³-hybridized carbons (Fsp3) is 0.300. The Labute approximate surface area is 157 Å². The van der Waals surface area contributed by atoms with Crippen molar-refractivity contribution in [3.05, 3.63) is 54.1 Å². The zero-order valence-corrected chi connectivity index (χ0v) is 14.9. The fourth-order valence-corrected chi connectivity index (χ4v) is 2.81. The molecule has 0 bridgehead atoms. The third kappa shape index (κ3) is 5.46. The van der Waals surface area contributed by atoms with Crippen LogP contribution in [-0.4, -0.2) is 37.7 Å². The number of nitrogens with two attached hydrogens (primary N) is 1. The monoisotopic (exact) mass is 369 g/mol. The minimum Gasteiger partial charge on any atom is -0.489 e. The lowest BCUT2D eigenvalue weighted by Gasteiger charge is -2.15. The van der Waals surface area contributed by atoms with E-state index in [1.165, 1.54) is 0 Å². The topological polar surface area (TPSA) is 103 Å². The van der Waals surface area contributed by atoms with Crippen LogP contribution in [0.25, 0.3) is 0 Å². The highest BCUT2D eigenvalue weighted by Crippen LogP contribution is 2.25. The van der Waals surface area contributed by atoms with Gasteiger partial charge in [-0.15, -0.1) is 0 Å². The van der Waals surface area contributed by atoms with Crippen LogP contribution in [0.1, 0.15) is 23.2 Å². The molecule has 0 aromatic heterocycles. The third-order valence-electron chi connectivity index (χ3n) is 4.21. The Balaban J connectivity index is 1.54. The van der Waals surface area contributed by atoms with Crippen molar-refractivity contribution in [3.63, 3.8) is 0 Å². The molecule has 0 aliphatic carbocycles. The summed E-state index contributed by atoms with van der Waals surface area (Å²) in [4.78, 5) is 23.5. The number of ether oxygens (including phenoxy) is 2. The molecule has 7 nitrogen and oxygen atoms in total. The van der Waals surface area contributed by atoms with E-state index in [1.54, 1.807) is 30.3 Å². The van der Waals surface area contributed by atoms with Crippen molar-refractivity contribution in [2.75, 3.05) is 30.4 Å². The summed E-state index contributed by atoms with van der Waals surface area (Å²) in [5.74, 6) is -0.134. The lowest BCUT2D eigenvalue weighted by molar-refractivity contribution is -0.114. The molecule has 0 spiro atoms. The molecule has 2 aromatic carbocycles. The summed E-state index contributed by atoms with van der Waals surface area (Å²) in [7, 11) is 0. The van der Waals surface area contributed by atoms with Crippen LogP contribution in [0, 0.1) is 0 Å². The van der Waals surface area contributed by atoms with Crippen molar-refractivity contribution >= 4 is 23.2 Å². The van der Waals surface area contributed by atoms with Crippen LogP contribution in [0.2, 0.25) is 0 Å². The molecule has 27 heavy (non-hydrogen) atoms. The minimum absolute atomic E-state index is 0.0439. The Kier molecular flexibility index (Phi) is 6.27. The van der Waals surface area contributed by atoms with E-state index in [2.05, 4.69) is 10.6 Å². The number of primary amides is 1. The number of hydrogen-bond donors (Lipinski definition) is 3. The van der Waals surface area contributed by atoms with Crippen LogP contribution in [0.3, 0.4) is 0 Å². The van der Waals surface area contributed by atoms with E-state index in [9.17, 15) is 9.59 Å². The lowest BCUT2D eigenvalue weighted by atomic mass is 10.2. The first kappa shape index (κ1) is 18.7. The van der Waals surface area contributed by atoms with E-state index in [0.717, 1.165) is 19.4 Å². The van der Waals surface area contributed by atoms with Crippen molar-refractivity contribution in [2.24, 2.45) is 5.73 Å². The molecule has 7 heteroatoms. The molecule has 4 N–H and O–H groups in total. The maximum atomic E-state index is 12.3. The van der Waals surface area contributed by atoms with E-state index < -0.39 is 5.91 Å². The van der Waals surface area contributed by atoms with Crippen molar-refractivity contribution < 1.29 is 19.1 Å². The van der Waals surface area contributed by atoms with Gasteiger partial charge in [-0.25, -0.2) is 0 Å². The molecular weight excluding hydrogens is 346 g/mol. The molecule has 1 aliphatic heterocycles. The van der Waals surface area contributed by atoms with E-state index >= 15 is 0 Å². The molecule has 0 radical (unpaired) electrons. The number of amides is 2. The summed E-state index contributed by atoms with van der Waals surface area (Å²) in [6.45, 7) is 1.28. The van der Waals surface area contributed by atoms with Gasteiger partial charge < -0.3 is 25.8 Å². The number of hydrogen-bond acceptors (Lipinski definition) is 5. The molecule has 142 valence electrons. The van der Waals surface area contributed by atoms with E-state index in [1.807, 2.05) is 18.2 Å². The van der Waals surface area contributed by atoms with Gasteiger partial charge in [0.1, 0.15) is 12.4 Å². The smallest absolute Gasteiger partial charge is 0.248 e. The zero-order chi connectivity index (χ0) is 19.1. The highest BCUT2D eigenvalue weighted by atomic mass is 16.5. The lowest BCUT2D eigenvalue weighted by Crippen LogP contribution is -2.23. The van der Waals surface area contributed by atoms with E-state index in [0.29, 0.717) is 29.3 Å². The third-order valence-corrected chi connectivity index (χ3v) is 4.21. The van der Waals surface area contributed by atoms with Gasteiger partial charge in [0.05, 0.1) is 18.3 Å². The van der Waals surface area contributed by atoms with Gasteiger partial charge in [0, 0.05) is 17.9 Å². The normalized spacial score (nSPS) is 15.9. The number of benzene rings is 2. The highest BCUT2D eigenvalue weighted by Gasteiger charge is 2.17. The Hall–Kier alpha value is -3.06. The van der Waals surface area contributed by atoms with E-state index in [4.69, 9.17) is 15.2 Å². The van der Waals surface area contributed by atoms with Crippen molar-refractivity contribution in [2.45, 2.75) is 18.9 Å². The van der Waals surface area contributed by atoms with Crippen LogP contribution in [0.5, 0.6) is 5.75 Å². The van der Waals surface area contributed by atoms with Gasteiger partial charge in [-0.05, 0) is 43.2 Å². The number of anilines is 2. The van der Waals surface area contributed by atoms with Crippen LogP contribution in [0.15, 0.2) is 48.5 Å². The second-order valence-corrected chi connectivity index (χ2v) is 6.29. The zero-order valence-electron chi connectivity index (χ0n) is 14.9. The second kappa shape index (κ2) is 9.05. The number of rotatable bonds is 8. The first-order valence-corrected chi connectivity index (χ1v) is 8.89. The quantitative estimate of drug-likeness (QED) is 0.663. The summed E-state index contributed by atoms with van der Waals surface area (Å²) >= 11 is 0. The van der Waals surface area contributed by atoms with Gasteiger partial charge in [-0.2, -0.15) is 0 Å². The molecule has 1 unspecified atom stereocenters. The van der Waals surface area contributed by atoms with Crippen molar-refractivity contribution in [1.29, 1.82) is 0 Å². The summed E-state index contributed by atoms with van der Waals surface area (Å²) in [5, 5.41) is 5.81. The molecule has 2 aromatic rings. The molecule has 3 rings (SSSR count). The molecule has 1 heterocycles. The van der Waals surface area contributed by atoms with Crippen molar-refractivity contribution in [3.8, 4) is 5.75 Å². The summed E-state index contributed by atoms with van der Waals surface area (Å²) in [6.07, 6.45) is 2.14. The first-order chi connectivity index (χ1) is 13.1.